The van der Waals surface area contributed by atoms with Crippen molar-refractivity contribution in [1.82, 2.24) is 4.90 Å². The van der Waals surface area contributed by atoms with Gasteiger partial charge >= 0.3 is 0 Å². The van der Waals surface area contributed by atoms with Crippen molar-refractivity contribution in [2.75, 3.05) is 37.7 Å². The molecule has 0 aromatic heterocycles. The van der Waals surface area contributed by atoms with E-state index < -0.39 is 0 Å². The lowest BCUT2D eigenvalue weighted by Gasteiger charge is -2.38. The summed E-state index contributed by atoms with van der Waals surface area (Å²) in [5.41, 5.74) is 6.78. The van der Waals surface area contributed by atoms with Gasteiger partial charge < -0.3 is 15.1 Å². The zero-order chi connectivity index (χ0) is 23.9. The van der Waals surface area contributed by atoms with E-state index in [0.717, 1.165) is 54.9 Å². The summed E-state index contributed by atoms with van der Waals surface area (Å²) in [5.74, 6) is 0.255. The Kier molecular flexibility index (Phi) is 11.8. The molecule has 0 atom stereocenters. The van der Waals surface area contributed by atoms with Crippen LogP contribution in [0.1, 0.15) is 43.4 Å². The van der Waals surface area contributed by atoms with Gasteiger partial charge in [0.1, 0.15) is 5.75 Å². The van der Waals surface area contributed by atoms with E-state index in [4.69, 9.17) is 0 Å². The number of hydrogen-bond acceptors (Lipinski definition) is 4. The standard InChI is InChI=1S/C30H36N2O2.2ClH/c1-23(2)31-16-18-32(19-17-31)27-13-6-11-25(21-27)30(26-12-7-14-28(34)22-26)29(15-8-20-33)24-9-4-3-5-10-24;;/h3-7,9-14,21-23,33-34H,8,15-20H2,1-2H3;2*1H/b30-29+;;. The maximum absolute atomic E-state index is 10.3. The molecule has 0 spiro atoms. The fourth-order valence-corrected chi connectivity index (χ4v) is 4.84. The first-order chi connectivity index (χ1) is 16.6. The summed E-state index contributed by atoms with van der Waals surface area (Å²) in [4.78, 5) is 5.00. The largest absolute Gasteiger partial charge is 0.508 e. The Morgan fingerprint density at radius 3 is 2.00 bits per heavy atom. The topological polar surface area (TPSA) is 46.9 Å². The van der Waals surface area contributed by atoms with Crippen LogP contribution in [0.2, 0.25) is 0 Å². The second-order valence-electron chi connectivity index (χ2n) is 9.26. The van der Waals surface area contributed by atoms with Crippen molar-refractivity contribution in [3.63, 3.8) is 0 Å². The van der Waals surface area contributed by atoms with Crippen LogP contribution in [0.4, 0.5) is 5.69 Å². The third kappa shape index (κ3) is 7.27. The number of nitrogens with zero attached hydrogens (tertiary/aromatic N) is 2. The Hall–Kier alpha value is -2.50. The van der Waals surface area contributed by atoms with E-state index in [-0.39, 0.29) is 37.2 Å². The van der Waals surface area contributed by atoms with E-state index >= 15 is 0 Å². The molecule has 0 unspecified atom stereocenters. The lowest BCUT2D eigenvalue weighted by atomic mass is 9.87. The van der Waals surface area contributed by atoms with Crippen LogP contribution in [0.25, 0.3) is 11.1 Å². The van der Waals surface area contributed by atoms with Crippen LogP contribution >= 0.6 is 24.8 Å². The summed E-state index contributed by atoms with van der Waals surface area (Å²) in [6, 6.07) is 27.3. The lowest BCUT2D eigenvalue weighted by molar-refractivity contribution is 0.209. The number of halogens is 2. The minimum absolute atomic E-state index is 0. The summed E-state index contributed by atoms with van der Waals surface area (Å²) < 4.78 is 0. The number of anilines is 1. The summed E-state index contributed by atoms with van der Waals surface area (Å²) >= 11 is 0. The number of aliphatic hydroxyl groups is 1. The van der Waals surface area contributed by atoms with E-state index in [1.165, 1.54) is 11.3 Å². The van der Waals surface area contributed by atoms with Crippen LogP contribution in [0.3, 0.4) is 0 Å². The van der Waals surface area contributed by atoms with Gasteiger partial charge in [-0.3, -0.25) is 4.90 Å². The fraction of sp³-hybridized carbons (Fsp3) is 0.333. The highest BCUT2D eigenvalue weighted by Gasteiger charge is 2.20. The molecule has 0 saturated carbocycles. The Morgan fingerprint density at radius 2 is 1.39 bits per heavy atom. The molecule has 4 nitrogen and oxygen atoms in total. The van der Waals surface area contributed by atoms with Crippen LogP contribution < -0.4 is 4.90 Å². The van der Waals surface area contributed by atoms with Crippen molar-refractivity contribution < 1.29 is 10.2 Å². The number of aromatic hydroxyl groups is 1. The van der Waals surface area contributed by atoms with Crippen molar-refractivity contribution in [3.8, 4) is 5.75 Å². The monoisotopic (exact) mass is 528 g/mol. The number of aliphatic hydroxyl groups excluding tert-OH is 1. The molecular weight excluding hydrogens is 491 g/mol. The normalized spacial score (nSPS) is 14.6. The SMILES string of the molecule is CC(C)N1CCN(c2cccc(/C(=C(/CCCO)c3ccccc3)c3cccc(O)c3)c2)CC1.Cl.Cl. The van der Waals surface area contributed by atoms with Gasteiger partial charge in [0.05, 0.1) is 0 Å². The number of phenols is 1. The number of allylic oxidation sites excluding steroid dienone is 1. The second-order valence-corrected chi connectivity index (χ2v) is 9.26. The molecule has 1 aliphatic rings. The van der Waals surface area contributed by atoms with Gasteiger partial charge in [-0.25, -0.2) is 0 Å². The van der Waals surface area contributed by atoms with E-state index in [9.17, 15) is 10.2 Å². The highest BCUT2D eigenvalue weighted by molar-refractivity contribution is 5.99. The molecule has 36 heavy (non-hydrogen) atoms. The molecular formula is C30H38Cl2N2O2. The van der Waals surface area contributed by atoms with Gasteiger partial charge in [0.25, 0.3) is 0 Å². The number of benzene rings is 3. The second kappa shape index (κ2) is 14.3. The van der Waals surface area contributed by atoms with Gasteiger partial charge in [0.2, 0.25) is 0 Å². The zero-order valence-electron chi connectivity index (χ0n) is 21.1. The summed E-state index contributed by atoms with van der Waals surface area (Å²) in [5, 5.41) is 19.9. The number of rotatable bonds is 8. The van der Waals surface area contributed by atoms with Crippen molar-refractivity contribution in [1.29, 1.82) is 0 Å². The molecule has 3 aromatic carbocycles. The Labute approximate surface area is 228 Å². The van der Waals surface area contributed by atoms with Gasteiger partial charge in [-0.1, -0.05) is 54.6 Å². The summed E-state index contributed by atoms with van der Waals surface area (Å²) in [6.07, 6.45) is 1.44. The molecule has 0 radical (unpaired) electrons. The summed E-state index contributed by atoms with van der Waals surface area (Å²) in [7, 11) is 0. The quantitative estimate of drug-likeness (QED) is 0.327. The van der Waals surface area contributed by atoms with Gasteiger partial charge in [0, 0.05) is 44.5 Å². The smallest absolute Gasteiger partial charge is 0.116 e. The highest BCUT2D eigenvalue weighted by atomic mass is 35.5. The lowest BCUT2D eigenvalue weighted by Crippen LogP contribution is -2.48. The zero-order valence-corrected chi connectivity index (χ0v) is 22.8. The van der Waals surface area contributed by atoms with Crippen molar-refractivity contribution in [2.45, 2.75) is 32.7 Å². The maximum atomic E-state index is 10.3. The molecule has 3 aromatic rings. The molecule has 4 rings (SSSR count). The van der Waals surface area contributed by atoms with Crippen molar-refractivity contribution in [2.24, 2.45) is 0 Å². The Balaban J connectivity index is 0.00000228. The van der Waals surface area contributed by atoms with E-state index in [0.29, 0.717) is 12.5 Å². The van der Waals surface area contributed by atoms with Crippen LogP contribution in [-0.2, 0) is 0 Å². The fourth-order valence-electron chi connectivity index (χ4n) is 4.84. The first-order valence-electron chi connectivity index (χ1n) is 12.3. The van der Waals surface area contributed by atoms with E-state index in [1.54, 1.807) is 6.07 Å². The molecule has 194 valence electrons. The molecule has 6 heteroatoms. The first kappa shape index (κ1) is 29.7. The van der Waals surface area contributed by atoms with Gasteiger partial charge in [-0.05, 0) is 78.8 Å². The number of phenolic OH excluding ortho intramolecular Hbond substituents is 1. The molecule has 1 aliphatic heterocycles. The summed E-state index contributed by atoms with van der Waals surface area (Å²) in [6.45, 7) is 8.85. The van der Waals surface area contributed by atoms with Crippen LogP contribution in [0.15, 0.2) is 78.9 Å². The number of piperazine rings is 1. The molecule has 1 saturated heterocycles. The molecule has 0 aliphatic carbocycles. The van der Waals surface area contributed by atoms with Crippen molar-refractivity contribution >= 4 is 41.6 Å². The predicted octanol–water partition coefficient (Wildman–Crippen LogP) is 6.50. The van der Waals surface area contributed by atoms with Crippen molar-refractivity contribution in [3.05, 3.63) is 95.6 Å². The molecule has 1 heterocycles. The van der Waals surface area contributed by atoms with Crippen LogP contribution in [0, 0.1) is 0 Å². The molecule has 0 amide bonds. The molecule has 1 fully saturated rings. The third-order valence-corrected chi connectivity index (χ3v) is 6.69. The average molecular weight is 530 g/mol. The van der Waals surface area contributed by atoms with Crippen LogP contribution in [-0.4, -0.2) is 53.9 Å². The van der Waals surface area contributed by atoms with Gasteiger partial charge in [-0.15, -0.1) is 24.8 Å². The van der Waals surface area contributed by atoms with Crippen LogP contribution in [0.5, 0.6) is 5.75 Å². The predicted molar refractivity (Wildman–Crippen MR) is 157 cm³/mol. The van der Waals surface area contributed by atoms with Gasteiger partial charge in [0.15, 0.2) is 0 Å². The van der Waals surface area contributed by atoms with Gasteiger partial charge in [-0.2, -0.15) is 0 Å². The maximum Gasteiger partial charge on any atom is 0.116 e. The van der Waals surface area contributed by atoms with E-state index in [1.807, 2.05) is 18.2 Å². The highest BCUT2D eigenvalue weighted by Crippen LogP contribution is 2.37. The third-order valence-electron chi connectivity index (χ3n) is 6.69. The first-order valence-corrected chi connectivity index (χ1v) is 12.3. The van der Waals surface area contributed by atoms with E-state index in [2.05, 4.69) is 78.2 Å². The average Bonchev–Trinajstić information content (AvgIpc) is 2.87. The minimum Gasteiger partial charge on any atom is -0.508 e. The number of hydrogen-bond donors (Lipinski definition) is 2. The molecule has 0 bridgehead atoms. The Bertz CT molecular complexity index is 1110. The minimum atomic E-state index is 0. The Morgan fingerprint density at radius 1 is 0.778 bits per heavy atom. The molecule has 2 N–H and O–H groups in total.